The van der Waals surface area contributed by atoms with Crippen LogP contribution in [-0.4, -0.2) is 33.5 Å². The van der Waals surface area contributed by atoms with Gasteiger partial charge in [-0.3, -0.25) is 0 Å². The summed E-state index contributed by atoms with van der Waals surface area (Å²) in [5, 5.41) is 3.29. The molecule has 0 aliphatic rings. The lowest BCUT2D eigenvalue weighted by Gasteiger charge is -2.15. The van der Waals surface area contributed by atoms with Gasteiger partial charge >= 0.3 is 0 Å². The van der Waals surface area contributed by atoms with Crippen LogP contribution in [0.1, 0.15) is 19.4 Å². The smallest absolute Gasteiger partial charge is 0.127 e. The lowest BCUT2D eigenvalue weighted by molar-refractivity contribution is 0.0712. The lowest BCUT2D eigenvalue weighted by atomic mass is 10.2. The van der Waals surface area contributed by atoms with Gasteiger partial charge in [0.25, 0.3) is 0 Å². The maximum atomic E-state index is 5.78. The molecule has 102 valence electrons. The van der Waals surface area contributed by atoms with Crippen LogP contribution in [0.4, 0.5) is 0 Å². The van der Waals surface area contributed by atoms with Gasteiger partial charge in [-0.15, -0.1) is 0 Å². The van der Waals surface area contributed by atoms with Crippen molar-refractivity contribution in [2.75, 3.05) is 27.4 Å². The van der Waals surface area contributed by atoms with E-state index in [1.807, 2.05) is 25.1 Å². The van der Waals surface area contributed by atoms with Crippen molar-refractivity contribution >= 4 is 0 Å². The van der Waals surface area contributed by atoms with Gasteiger partial charge in [0.05, 0.1) is 13.2 Å². The van der Waals surface area contributed by atoms with Gasteiger partial charge < -0.3 is 19.5 Å². The van der Waals surface area contributed by atoms with E-state index in [0.717, 1.165) is 30.2 Å². The van der Waals surface area contributed by atoms with E-state index in [9.17, 15) is 0 Å². The van der Waals surface area contributed by atoms with Crippen molar-refractivity contribution in [3.05, 3.63) is 23.8 Å². The first-order valence-electron chi connectivity index (χ1n) is 6.24. The van der Waals surface area contributed by atoms with Gasteiger partial charge in [0, 0.05) is 25.3 Å². The molecule has 4 heteroatoms. The first-order valence-corrected chi connectivity index (χ1v) is 6.24. The fraction of sp³-hybridized carbons (Fsp3) is 0.571. The van der Waals surface area contributed by atoms with Gasteiger partial charge in [0.15, 0.2) is 0 Å². The molecule has 4 nitrogen and oxygen atoms in total. The molecule has 0 aromatic heterocycles. The molecule has 0 radical (unpaired) electrons. The van der Waals surface area contributed by atoms with E-state index in [2.05, 4.69) is 12.2 Å². The summed E-state index contributed by atoms with van der Waals surface area (Å²) < 4.78 is 16.2. The number of methoxy groups -OCH3 is 2. The summed E-state index contributed by atoms with van der Waals surface area (Å²) in [7, 11) is 3.33. The predicted molar refractivity (Wildman–Crippen MR) is 72.3 cm³/mol. The maximum absolute atomic E-state index is 5.78. The molecule has 0 saturated carbocycles. The highest BCUT2D eigenvalue weighted by atomic mass is 16.5. The molecule has 0 fully saturated rings. The second-order valence-electron chi connectivity index (χ2n) is 4.11. The third-order valence-corrected chi connectivity index (χ3v) is 2.72. The largest absolute Gasteiger partial charge is 0.497 e. The van der Waals surface area contributed by atoms with Crippen molar-refractivity contribution in [3.8, 4) is 11.5 Å². The summed E-state index contributed by atoms with van der Waals surface area (Å²) in [4.78, 5) is 0. The third kappa shape index (κ3) is 4.55. The van der Waals surface area contributed by atoms with Crippen molar-refractivity contribution in [2.45, 2.75) is 26.5 Å². The van der Waals surface area contributed by atoms with Crippen LogP contribution in [0.2, 0.25) is 0 Å². The summed E-state index contributed by atoms with van der Waals surface area (Å²) in [6.45, 7) is 6.31. The normalized spacial score (nSPS) is 12.2. The molecule has 18 heavy (non-hydrogen) atoms. The van der Waals surface area contributed by atoms with Crippen LogP contribution >= 0.6 is 0 Å². The zero-order valence-electron chi connectivity index (χ0n) is 11.7. The van der Waals surface area contributed by atoms with Crippen molar-refractivity contribution in [3.63, 3.8) is 0 Å². The Labute approximate surface area is 109 Å². The molecule has 1 atom stereocenters. The Bertz CT molecular complexity index is 355. The molecule has 0 aliphatic heterocycles. The average molecular weight is 253 g/mol. The Morgan fingerprint density at radius 3 is 2.67 bits per heavy atom. The topological polar surface area (TPSA) is 39.7 Å². The SMILES string of the molecule is CCNCc1ccc(OC)cc1OCC(C)OC. The molecule has 1 aromatic carbocycles. The highest BCUT2D eigenvalue weighted by Gasteiger charge is 2.07. The van der Waals surface area contributed by atoms with Crippen LogP contribution in [0.25, 0.3) is 0 Å². The fourth-order valence-electron chi connectivity index (χ4n) is 1.48. The quantitative estimate of drug-likeness (QED) is 0.771. The van der Waals surface area contributed by atoms with Gasteiger partial charge in [0.2, 0.25) is 0 Å². The minimum absolute atomic E-state index is 0.0724. The Morgan fingerprint density at radius 1 is 1.28 bits per heavy atom. The molecular weight excluding hydrogens is 230 g/mol. The Morgan fingerprint density at radius 2 is 2.06 bits per heavy atom. The number of hydrogen-bond acceptors (Lipinski definition) is 4. The van der Waals surface area contributed by atoms with Crippen LogP contribution in [0.5, 0.6) is 11.5 Å². The van der Waals surface area contributed by atoms with Crippen molar-refractivity contribution < 1.29 is 14.2 Å². The molecule has 0 saturated heterocycles. The van der Waals surface area contributed by atoms with Crippen molar-refractivity contribution in [1.29, 1.82) is 0 Å². The second kappa shape index (κ2) is 7.95. The van der Waals surface area contributed by atoms with Crippen LogP contribution in [0.15, 0.2) is 18.2 Å². The van der Waals surface area contributed by atoms with E-state index in [1.54, 1.807) is 14.2 Å². The monoisotopic (exact) mass is 253 g/mol. The molecule has 0 aliphatic carbocycles. The Kier molecular flexibility index (Phi) is 6.54. The molecule has 1 unspecified atom stereocenters. The van der Waals surface area contributed by atoms with E-state index in [4.69, 9.17) is 14.2 Å². The molecule has 0 bridgehead atoms. The van der Waals surface area contributed by atoms with Crippen LogP contribution < -0.4 is 14.8 Å². The molecule has 1 N–H and O–H groups in total. The van der Waals surface area contributed by atoms with E-state index in [1.165, 1.54) is 0 Å². The van der Waals surface area contributed by atoms with Crippen molar-refractivity contribution in [2.24, 2.45) is 0 Å². The molecule has 1 aromatic rings. The first kappa shape index (κ1) is 14.8. The summed E-state index contributed by atoms with van der Waals surface area (Å²) in [6.07, 6.45) is 0.0724. The van der Waals surface area contributed by atoms with Crippen LogP contribution in [0, 0.1) is 0 Å². The standard InChI is InChI=1S/C14H23NO3/c1-5-15-9-12-6-7-13(17-4)8-14(12)18-10-11(2)16-3/h6-8,11,15H,5,9-10H2,1-4H3. The van der Waals surface area contributed by atoms with Gasteiger partial charge in [-0.2, -0.15) is 0 Å². The summed E-state index contributed by atoms with van der Waals surface area (Å²) in [5.41, 5.74) is 1.13. The van der Waals surface area contributed by atoms with E-state index >= 15 is 0 Å². The maximum Gasteiger partial charge on any atom is 0.127 e. The fourth-order valence-corrected chi connectivity index (χ4v) is 1.48. The summed E-state index contributed by atoms with van der Waals surface area (Å²) in [5.74, 6) is 1.65. The Hall–Kier alpha value is -1.26. The molecule has 1 rings (SSSR count). The molecule has 0 spiro atoms. The minimum Gasteiger partial charge on any atom is -0.497 e. The molecular formula is C14H23NO3. The summed E-state index contributed by atoms with van der Waals surface area (Å²) >= 11 is 0. The molecule has 0 heterocycles. The highest BCUT2D eigenvalue weighted by molar-refractivity contribution is 5.40. The van der Waals surface area contributed by atoms with Crippen LogP contribution in [0.3, 0.4) is 0 Å². The average Bonchev–Trinajstić information content (AvgIpc) is 2.42. The van der Waals surface area contributed by atoms with E-state index < -0.39 is 0 Å². The number of benzene rings is 1. The third-order valence-electron chi connectivity index (χ3n) is 2.72. The van der Waals surface area contributed by atoms with E-state index in [-0.39, 0.29) is 6.10 Å². The number of nitrogens with one attached hydrogen (secondary N) is 1. The number of rotatable bonds is 8. The second-order valence-corrected chi connectivity index (χ2v) is 4.11. The molecule has 0 amide bonds. The number of hydrogen-bond donors (Lipinski definition) is 1. The first-order chi connectivity index (χ1) is 8.71. The van der Waals surface area contributed by atoms with E-state index in [0.29, 0.717) is 6.61 Å². The Balaban J connectivity index is 2.75. The van der Waals surface area contributed by atoms with Crippen molar-refractivity contribution in [1.82, 2.24) is 5.32 Å². The van der Waals surface area contributed by atoms with Gasteiger partial charge in [-0.25, -0.2) is 0 Å². The lowest BCUT2D eigenvalue weighted by Crippen LogP contribution is -2.18. The zero-order chi connectivity index (χ0) is 13.4. The summed E-state index contributed by atoms with van der Waals surface area (Å²) in [6, 6.07) is 5.88. The van der Waals surface area contributed by atoms with Gasteiger partial charge in [-0.1, -0.05) is 13.0 Å². The number of ether oxygens (including phenoxy) is 3. The predicted octanol–water partition coefficient (Wildman–Crippen LogP) is 2.22. The van der Waals surface area contributed by atoms with Gasteiger partial charge in [-0.05, 0) is 19.5 Å². The van der Waals surface area contributed by atoms with Crippen LogP contribution in [-0.2, 0) is 11.3 Å². The minimum atomic E-state index is 0.0724. The zero-order valence-corrected chi connectivity index (χ0v) is 11.7. The van der Waals surface area contributed by atoms with Gasteiger partial charge in [0.1, 0.15) is 18.1 Å². The highest BCUT2D eigenvalue weighted by Crippen LogP contribution is 2.25.